The van der Waals surface area contributed by atoms with E-state index in [1.165, 1.54) is 5.56 Å². The van der Waals surface area contributed by atoms with Crippen LogP contribution in [0.4, 0.5) is 0 Å². The first-order chi connectivity index (χ1) is 9.11. The Labute approximate surface area is 117 Å². The molecule has 0 radical (unpaired) electrons. The zero-order valence-corrected chi connectivity index (χ0v) is 12.3. The maximum atomic E-state index is 6.07. The van der Waals surface area contributed by atoms with Gasteiger partial charge in [-0.3, -0.25) is 4.68 Å². The third-order valence-electron chi connectivity index (χ3n) is 3.04. The molecule has 5 nitrogen and oxygen atoms in total. The highest BCUT2D eigenvalue weighted by Gasteiger charge is 2.17. The van der Waals surface area contributed by atoms with E-state index in [-0.39, 0.29) is 6.04 Å². The summed E-state index contributed by atoms with van der Waals surface area (Å²) in [5.74, 6) is 0. The first kappa shape index (κ1) is 14.0. The number of hydrogen-bond acceptors (Lipinski definition) is 5. The summed E-state index contributed by atoms with van der Waals surface area (Å²) in [6.45, 7) is 4.13. The summed E-state index contributed by atoms with van der Waals surface area (Å²) >= 11 is 1.61. The van der Waals surface area contributed by atoms with Crippen LogP contribution in [0.2, 0.25) is 0 Å². The summed E-state index contributed by atoms with van der Waals surface area (Å²) in [7, 11) is 1.96. The van der Waals surface area contributed by atoms with Crippen molar-refractivity contribution >= 4 is 11.8 Å². The van der Waals surface area contributed by atoms with Crippen LogP contribution in [0.3, 0.4) is 0 Å². The lowest BCUT2D eigenvalue weighted by atomic mass is 10.1. The zero-order chi connectivity index (χ0) is 13.8. The van der Waals surface area contributed by atoms with Gasteiger partial charge in [0, 0.05) is 24.8 Å². The van der Waals surface area contributed by atoms with Gasteiger partial charge in [0.15, 0.2) is 0 Å². The predicted octanol–water partition coefficient (Wildman–Crippen LogP) is 1.95. The summed E-state index contributed by atoms with van der Waals surface area (Å²) in [5, 5.41) is 6.52. The molecule has 2 aromatic heterocycles. The molecule has 0 bridgehead atoms. The molecule has 2 aromatic rings. The van der Waals surface area contributed by atoms with Crippen molar-refractivity contribution in [1.29, 1.82) is 0 Å². The SMILES string of the molecule is CCC(N)Cc1c(C)nn(C)c1Sc1ccncn1. The Bertz CT molecular complexity index is 537. The Kier molecular flexibility index (Phi) is 4.55. The molecule has 0 spiro atoms. The number of nitrogens with zero attached hydrogens (tertiary/aromatic N) is 4. The van der Waals surface area contributed by atoms with E-state index < -0.39 is 0 Å². The summed E-state index contributed by atoms with van der Waals surface area (Å²) in [4.78, 5) is 8.18. The standard InChI is InChI=1S/C13H19N5S/c1-4-10(14)7-11-9(2)17-18(3)13(11)19-12-5-6-15-8-16-12/h5-6,8,10H,4,7,14H2,1-3H3. The minimum Gasteiger partial charge on any atom is -0.327 e. The fraction of sp³-hybridized carbons (Fsp3) is 0.462. The molecule has 0 aliphatic carbocycles. The van der Waals surface area contributed by atoms with Gasteiger partial charge in [0.1, 0.15) is 16.4 Å². The monoisotopic (exact) mass is 277 g/mol. The second-order valence-corrected chi connectivity index (χ2v) is 5.52. The lowest BCUT2D eigenvalue weighted by Crippen LogP contribution is -2.21. The van der Waals surface area contributed by atoms with Crippen LogP contribution in [-0.2, 0) is 13.5 Å². The Hall–Kier alpha value is -1.40. The van der Waals surface area contributed by atoms with Crippen molar-refractivity contribution in [3.05, 3.63) is 29.8 Å². The van der Waals surface area contributed by atoms with Gasteiger partial charge < -0.3 is 5.73 Å². The molecule has 0 saturated carbocycles. The topological polar surface area (TPSA) is 69.6 Å². The Morgan fingerprint density at radius 1 is 1.47 bits per heavy atom. The molecule has 2 heterocycles. The van der Waals surface area contributed by atoms with Gasteiger partial charge in [-0.15, -0.1) is 0 Å². The van der Waals surface area contributed by atoms with Gasteiger partial charge >= 0.3 is 0 Å². The summed E-state index contributed by atoms with van der Waals surface area (Å²) < 4.78 is 1.90. The highest BCUT2D eigenvalue weighted by Crippen LogP contribution is 2.30. The van der Waals surface area contributed by atoms with Gasteiger partial charge in [0.05, 0.1) is 5.69 Å². The van der Waals surface area contributed by atoms with Gasteiger partial charge in [-0.1, -0.05) is 18.7 Å². The molecule has 102 valence electrons. The van der Waals surface area contributed by atoms with Crippen LogP contribution in [-0.4, -0.2) is 25.8 Å². The molecule has 6 heteroatoms. The average molecular weight is 277 g/mol. The Morgan fingerprint density at radius 2 is 2.26 bits per heavy atom. The van der Waals surface area contributed by atoms with Gasteiger partial charge in [-0.25, -0.2) is 9.97 Å². The van der Waals surface area contributed by atoms with E-state index in [4.69, 9.17) is 5.73 Å². The number of aryl methyl sites for hydroxylation is 2. The normalized spacial score (nSPS) is 12.6. The largest absolute Gasteiger partial charge is 0.327 e. The van der Waals surface area contributed by atoms with Crippen molar-refractivity contribution in [3.8, 4) is 0 Å². The minimum atomic E-state index is 0.174. The molecule has 2 N–H and O–H groups in total. The molecular formula is C13H19N5S. The smallest absolute Gasteiger partial charge is 0.116 e. The zero-order valence-electron chi connectivity index (χ0n) is 11.5. The third-order valence-corrected chi connectivity index (χ3v) is 4.19. The van der Waals surface area contributed by atoms with Crippen molar-refractivity contribution in [2.45, 2.75) is 42.8 Å². The van der Waals surface area contributed by atoms with Crippen molar-refractivity contribution in [1.82, 2.24) is 19.7 Å². The summed E-state index contributed by atoms with van der Waals surface area (Å²) in [6, 6.07) is 2.07. The van der Waals surface area contributed by atoms with E-state index in [1.807, 2.05) is 24.7 Å². The number of hydrogen-bond donors (Lipinski definition) is 1. The highest BCUT2D eigenvalue weighted by molar-refractivity contribution is 7.99. The third kappa shape index (κ3) is 3.33. The lowest BCUT2D eigenvalue weighted by molar-refractivity contribution is 0.631. The quantitative estimate of drug-likeness (QED) is 0.846. The molecule has 1 unspecified atom stereocenters. The fourth-order valence-corrected chi connectivity index (χ4v) is 2.84. The molecule has 0 saturated heterocycles. The van der Waals surface area contributed by atoms with E-state index in [9.17, 15) is 0 Å². The van der Waals surface area contributed by atoms with E-state index in [0.717, 1.165) is 28.6 Å². The van der Waals surface area contributed by atoms with E-state index in [1.54, 1.807) is 24.3 Å². The van der Waals surface area contributed by atoms with Gasteiger partial charge in [0.2, 0.25) is 0 Å². The first-order valence-corrected chi connectivity index (χ1v) is 7.15. The van der Waals surface area contributed by atoms with Crippen LogP contribution in [0.1, 0.15) is 24.6 Å². The summed E-state index contributed by atoms with van der Waals surface area (Å²) in [5.41, 5.74) is 8.34. The van der Waals surface area contributed by atoms with Crippen LogP contribution >= 0.6 is 11.8 Å². The highest BCUT2D eigenvalue weighted by atomic mass is 32.2. The lowest BCUT2D eigenvalue weighted by Gasteiger charge is -2.10. The fourth-order valence-electron chi connectivity index (χ4n) is 1.89. The number of nitrogens with two attached hydrogens (primary N) is 1. The second-order valence-electron chi connectivity index (χ2n) is 4.51. The minimum absolute atomic E-state index is 0.174. The number of rotatable bonds is 5. The van der Waals surface area contributed by atoms with Crippen molar-refractivity contribution in [2.75, 3.05) is 0 Å². The Balaban J connectivity index is 2.28. The van der Waals surface area contributed by atoms with Gasteiger partial charge in [-0.2, -0.15) is 5.10 Å². The molecule has 0 aliphatic rings. The number of aromatic nitrogens is 4. The van der Waals surface area contributed by atoms with E-state index >= 15 is 0 Å². The molecule has 2 rings (SSSR count). The van der Waals surface area contributed by atoms with Gasteiger partial charge in [0.25, 0.3) is 0 Å². The van der Waals surface area contributed by atoms with Crippen LogP contribution < -0.4 is 5.73 Å². The molecule has 0 fully saturated rings. The molecule has 0 amide bonds. The van der Waals surface area contributed by atoms with Crippen LogP contribution in [0.5, 0.6) is 0 Å². The average Bonchev–Trinajstić information content (AvgIpc) is 2.67. The second kappa shape index (κ2) is 6.16. The van der Waals surface area contributed by atoms with Crippen molar-refractivity contribution < 1.29 is 0 Å². The molecule has 19 heavy (non-hydrogen) atoms. The Morgan fingerprint density at radius 3 is 2.89 bits per heavy atom. The van der Waals surface area contributed by atoms with E-state index in [2.05, 4.69) is 22.0 Å². The first-order valence-electron chi connectivity index (χ1n) is 6.33. The molecule has 0 aliphatic heterocycles. The molecule has 1 atom stereocenters. The van der Waals surface area contributed by atoms with Gasteiger partial charge in [-0.05, 0) is 25.8 Å². The van der Waals surface area contributed by atoms with Crippen LogP contribution in [0, 0.1) is 6.92 Å². The van der Waals surface area contributed by atoms with Crippen LogP contribution in [0.15, 0.2) is 28.6 Å². The van der Waals surface area contributed by atoms with Crippen molar-refractivity contribution in [2.24, 2.45) is 12.8 Å². The molecule has 0 aromatic carbocycles. The summed E-state index contributed by atoms with van der Waals surface area (Å²) in [6.07, 6.45) is 5.12. The van der Waals surface area contributed by atoms with Crippen LogP contribution in [0.25, 0.3) is 0 Å². The van der Waals surface area contributed by atoms with Crippen molar-refractivity contribution in [3.63, 3.8) is 0 Å². The predicted molar refractivity (Wildman–Crippen MR) is 76.1 cm³/mol. The maximum Gasteiger partial charge on any atom is 0.116 e. The van der Waals surface area contributed by atoms with E-state index in [0.29, 0.717) is 0 Å². The molecular weight excluding hydrogens is 258 g/mol. The maximum absolute atomic E-state index is 6.07.